The molecule has 0 aliphatic heterocycles. The second-order valence-electron chi connectivity index (χ2n) is 4.55. The summed E-state index contributed by atoms with van der Waals surface area (Å²) in [5, 5.41) is 21.2. The molecule has 0 saturated carbocycles. The van der Waals surface area contributed by atoms with Crippen LogP contribution in [0.5, 0.6) is 0 Å². The number of benzene rings is 1. The molecular weight excluding hydrogens is 267 g/mol. The Morgan fingerprint density at radius 3 is 2.79 bits per heavy atom. The van der Waals surface area contributed by atoms with Crippen LogP contribution in [0.2, 0.25) is 0 Å². The minimum atomic E-state index is -1.34. The molecule has 3 nitrogen and oxygen atoms in total. The van der Waals surface area contributed by atoms with E-state index in [1.807, 2.05) is 0 Å². The van der Waals surface area contributed by atoms with Crippen molar-refractivity contribution in [3.05, 3.63) is 57.5 Å². The molecular formula is C14H13FO3S. The van der Waals surface area contributed by atoms with E-state index in [1.165, 1.54) is 36.5 Å². The number of carbonyl (C=O) groups is 1. The molecule has 0 radical (unpaired) electrons. The van der Waals surface area contributed by atoms with Crippen molar-refractivity contribution in [3.8, 4) is 0 Å². The van der Waals surface area contributed by atoms with Gasteiger partial charge in [0, 0.05) is 6.42 Å². The fourth-order valence-electron chi connectivity index (χ4n) is 2.02. The van der Waals surface area contributed by atoms with Crippen molar-refractivity contribution in [1.29, 1.82) is 0 Å². The Morgan fingerprint density at radius 2 is 2.16 bits per heavy atom. The number of carboxylic acid groups (broad SMARTS) is 1. The monoisotopic (exact) mass is 280 g/mol. The Labute approximate surface area is 114 Å². The summed E-state index contributed by atoms with van der Waals surface area (Å²) in [5.74, 6) is -1.45. The van der Waals surface area contributed by atoms with Crippen LogP contribution in [0.15, 0.2) is 35.7 Å². The van der Waals surface area contributed by atoms with Gasteiger partial charge in [-0.2, -0.15) is 0 Å². The first-order chi connectivity index (χ1) is 8.90. The Kier molecular flexibility index (Phi) is 3.68. The lowest BCUT2D eigenvalue weighted by molar-refractivity contribution is 0.0550. The normalized spacial score (nSPS) is 14.1. The Balaban J connectivity index is 2.32. The summed E-state index contributed by atoms with van der Waals surface area (Å²) < 4.78 is 13.1. The zero-order chi connectivity index (χ0) is 14.0. The smallest absolute Gasteiger partial charge is 0.336 e. The molecule has 100 valence electrons. The number of aliphatic hydroxyl groups is 1. The zero-order valence-corrected chi connectivity index (χ0v) is 11.1. The number of thiophene rings is 1. The molecule has 0 aliphatic carbocycles. The number of rotatable bonds is 4. The second-order valence-corrected chi connectivity index (χ2v) is 5.47. The fraction of sp³-hybridized carbons (Fsp3) is 0.214. The highest BCUT2D eigenvalue weighted by Gasteiger charge is 2.30. The number of hydrogen-bond acceptors (Lipinski definition) is 3. The highest BCUT2D eigenvalue weighted by Crippen LogP contribution is 2.32. The van der Waals surface area contributed by atoms with Gasteiger partial charge in [-0.05, 0) is 36.1 Å². The van der Waals surface area contributed by atoms with E-state index >= 15 is 0 Å². The summed E-state index contributed by atoms with van der Waals surface area (Å²) in [6.45, 7) is 1.54. The van der Waals surface area contributed by atoms with Crippen LogP contribution in [0.3, 0.4) is 0 Å². The van der Waals surface area contributed by atoms with Crippen molar-refractivity contribution in [2.45, 2.75) is 18.9 Å². The van der Waals surface area contributed by atoms with Crippen LogP contribution >= 0.6 is 11.3 Å². The van der Waals surface area contributed by atoms with Crippen molar-refractivity contribution in [3.63, 3.8) is 0 Å². The van der Waals surface area contributed by atoms with Crippen LogP contribution in [0, 0.1) is 5.82 Å². The maximum Gasteiger partial charge on any atom is 0.336 e. The van der Waals surface area contributed by atoms with Crippen molar-refractivity contribution >= 4 is 17.3 Å². The molecule has 0 aliphatic rings. The van der Waals surface area contributed by atoms with E-state index < -0.39 is 11.6 Å². The maximum atomic E-state index is 13.1. The molecule has 0 saturated heterocycles. The third kappa shape index (κ3) is 3.00. The molecule has 1 unspecified atom stereocenters. The summed E-state index contributed by atoms with van der Waals surface area (Å²) in [7, 11) is 0. The average molecular weight is 280 g/mol. The maximum absolute atomic E-state index is 13.1. The molecule has 5 heteroatoms. The van der Waals surface area contributed by atoms with Gasteiger partial charge >= 0.3 is 5.97 Å². The van der Waals surface area contributed by atoms with Crippen LogP contribution in [-0.2, 0) is 12.0 Å². The van der Waals surface area contributed by atoms with E-state index in [0.29, 0.717) is 10.4 Å². The number of hydrogen-bond donors (Lipinski definition) is 2. The molecule has 1 atom stereocenters. The predicted octanol–water partition coefficient (Wildman–Crippen LogP) is 3.04. The Bertz CT molecular complexity index is 604. The largest absolute Gasteiger partial charge is 0.478 e. The quantitative estimate of drug-likeness (QED) is 0.905. The van der Waals surface area contributed by atoms with Crippen molar-refractivity contribution in [1.82, 2.24) is 0 Å². The molecule has 0 bridgehead atoms. The minimum Gasteiger partial charge on any atom is -0.478 e. The van der Waals surface area contributed by atoms with E-state index in [2.05, 4.69) is 0 Å². The fourth-order valence-corrected chi connectivity index (χ4v) is 2.97. The first-order valence-electron chi connectivity index (χ1n) is 5.68. The van der Waals surface area contributed by atoms with Gasteiger partial charge in [0.2, 0.25) is 0 Å². The van der Waals surface area contributed by atoms with Gasteiger partial charge in [-0.15, -0.1) is 11.3 Å². The third-order valence-electron chi connectivity index (χ3n) is 2.82. The lowest BCUT2D eigenvalue weighted by Crippen LogP contribution is -2.25. The highest BCUT2D eigenvalue weighted by molar-refractivity contribution is 7.10. The summed E-state index contributed by atoms with van der Waals surface area (Å²) in [6, 6.07) is 7.38. The molecule has 2 aromatic rings. The number of carboxylic acids is 1. The third-order valence-corrected chi connectivity index (χ3v) is 3.99. The first kappa shape index (κ1) is 13.7. The zero-order valence-electron chi connectivity index (χ0n) is 10.3. The van der Waals surface area contributed by atoms with Gasteiger partial charge in [0.1, 0.15) is 11.4 Å². The average Bonchev–Trinajstić information content (AvgIpc) is 2.77. The van der Waals surface area contributed by atoms with Gasteiger partial charge in [-0.1, -0.05) is 12.1 Å². The molecule has 0 fully saturated rings. The molecule has 19 heavy (non-hydrogen) atoms. The van der Waals surface area contributed by atoms with Crippen molar-refractivity contribution < 1.29 is 19.4 Å². The predicted molar refractivity (Wildman–Crippen MR) is 71.0 cm³/mol. The first-order valence-corrected chi connectivity index (χ1v) is 6.56. The molecule has 0 spiro atoms. The highest BCUT2D eigenvalue weighted by atomic mass is 32.1. The summed E-state index contributed by atoms with van der Waals surface area (Å²) in [6.07, 6.45) is 0.158. The van der Waals surface area contributed by atoms with Gasteiger partial charge in [0.25, 0.3) is 0 Å². The summed E-state index contributed by atoms with van der Waals surface area (Å²) in [5.41, 5.74) is -0.628. The van der Waals surface area contributed by atoms with Gasteiger partial charge in [0.15, 0.2) is 0 Å². The Morgan fingerprint density at radius 1 is 1.42 bits per heavy atom. The lowest BCUT2D eigenvalue weighted by Gasteiger charge is -2.23. The number of aromatic carboxylic acids is 1. The van der Waals surface area contributed by atoms with Gasteiger partial charge in [0.05, 0.1) is 10.4 Å². The van der Waals surface area contributed by atoms with Crippen molar-refractivity contribution in [2.24, 2.45) is 0 Å². The van der Waals surface area contributed by atoms with Crippen LogP contribution in [-0.4, -0.2) is 16.2 Å². The van der Waals surface area contributed by atoms with Crippen LogP contribution in [0.4, 0.5) is 4.39 Å². The van der Waals surface area contributed by atoms with E-state index in [-0.39, 0.29) is 17.8 Å². The SMILES string of the molecule is CC(O)(Cc1cccc(F)c1)c1sccc1C(=O)O. The van der Waals surface area contributed by atoms with E-state index in [0.717, 1.165) is 0 Å². The van der Waals surface area contributed by atoms with E-state index in [4.69, 9.17) is 5.11 Å². The lowest BCUT2D eigenvalue weighted by atomic mass is 9.93. The van der Waals surface area contributed by atoms with Crippen molar-refractivity contribution in [2.75, 3.05) is 0 Å². The standard InChI is InChI=1S/C14H13FO3S/c1-14(18,8-9-3-2-4-10(15)7-9)12-11(13(16)17)5-6-19-12/h2-7,18H,8H2,1H3,(H,16,17). The molecule has 2 rings (SSSR count). The van der Waals surface area contributed by atoms with Gasteiger partial charge in [-0.25, -0.2) is 9.18 Å². The van der Waals surface area contributed by atoms with E-state index in [1.54, 1.807) is 17.5 Å². The second kappa shape index (κ2) is 5.11. The minimum absolute atomic E-state index is 0.0893. The topological polar surface area (TPSA) is 57.5 Å². The van der Waals surface area contributed by atoms with Crippen LogP contribution < -0.4 is 0 Å². The summed E-state index contributed by atoms with van der Waals surface area (Å²) >= 11 is 1.18. The molecule has 1 aromatic carbocycles. The van der Waals surface area contributed by atoms with Crippen LogP contribution in [0.25, 0.3) is 0 Å². The Hall–Kier alpha value is -1.72. The molecule has 2 N–H and O–H groups in total. The summed E-state index contributed by atoms with van der Waals surface area (Å²) in [4.78, 5) is 11.5. The molecule has 1 heterocycles. The van der Waals surface area contributed by atoms with Gasteiger partial charge < -0.3 is 10.2 Å². The molecule has 1 aromatic heterocycles. The van der Waals surface area contributed by atoms with Gasteiger partial charge in [-0.3, -0.25) is 0 Å². The molecule has 0 amide bonds. The number of halogens is 1. The van der Waals surface area contributed by atoms with E-state index in [9.17, 15) is 14.3 Å². The van der Waals surface area contributed by atoms with Crippen LogP contribution in [0.1, 0.15) is 27.7 Å².